The van der Waals surface area contributed by atoms with Gasteiger partial charge in [-0.05, 0) is 42.3 Å². The standard InChI is InChI=1S/C21H18N4OS/c1-13-4-2-3-5-20(13)27-16-8-15(11-23-12-16)14-6-7-17-18(9-14)19(10-22)24-25-21(17)26/h2-9,11-12H,10,22H2,1H3,(H,25,26). The average molecular weight is 374 g/mol. The van der Waals surface area contributed by atoms with Crippen molar-refractivity contribution >= 4 is 22.5 Å². The summed E-state index contributed by atoms with van der Waals surface area (Å²) in [5.74, 6) is 0. The lowest BCUT2D eigenvalue weighted by Crippen LogP contribution is -2.13. The minimum absolute atomic E-state index is 0.212. The molecule has 0 aliphatic heterocycles. The number of benzene rings is 2. The summed E-state index contributed by atoms with van der Waals surface area (Å²) in [7, 11) is 0. The molecule has 2 aromatic carbocycles. The van der Waals surface area contributed by atoms with E-state index in [1.165, 1.54) is 10.5 Å². The third-order valence-electron chi connectivity index (χ3n) is 4.43. The number of fused-ring (bicyclic) bond motifs is 1. The van der Waals surface area contributed by atoms with Crippen molar-refractivity contribution < 1.29 is 0 Å². The lowest BCUT2D eigenvalue weighted by atomic mass is 10.0. The van der Waals surface area contributed by atoms with E-state index in [4.69, 9.17) is 5.73 Å². The van der Waals surface area contributed by atoms with E-state index in [0.29, 0.717) is 11.1 Å². The molecule has 0 aliphatic rings. The summed E-state index contributed by atoms with van der Waals surface area (Å²) in [4.78, 5) is 18.7. The van der Waals surface area contributed by atoms with Gasteiger partial charge in [0.2, 0.25) is 0 Å². The van der Waals surface area contributed by atoms with Gasteiger partial charge < -0.3 is 5.73 Å². The number of pyridine rings is 1. The van der Waals surface area contributed by atoms with Crippen LogP contribution < -0.4 is 11.3 Å². The molecule has 5 nitrogen and oxygen atoms in total. The first-order chi connectivity index (χ1) is 13.2. The normalized spacial score (nSPS) is 11.0. The molecule has 0 aliphatic carbocycles. The summed E-state index contributed by atoms with van der Waals surface area (Å²) in [6, 6.07) is 16.1. The summed E-state index contributed by atoms with van der Waals surface area (Å²) in [6.45, 7) is 2.36. The predicted molar refractivity (Wildman–Crippen MR) is 109 cm³/mol. The molecule has 27 heavy (non-hydrogen) atoms. The van der Waals surface area contributed by atoms with Crippen LogP contribution >= 0.6 is 11.8 Å². The van der Waals surface area contributed by atoms with Gasteiger partial charge in [0, 0.05) is 39.7 Å². The molecule has 3 N–H and O–H groups in total. The SMILES string of the molecule is Cc1ccccc1Sc1cncc(-c2ccc3c(=O)[nH]nc(CN)c3c2)c1. The Morgan fingerprint density at radius 1 is 1.04 bits per heavy atom. The Hall–Kier alpha value is -2.96. The maximum atomic E-state index is 12.0. The van der Waals surface area contributed by atoms with Crippen molar-refractivity contribution in [3.8, 4) is 11.1 Å². The second kappa shape index (κ2) is 7.34. The largest absolute Gasteiger partial charge is 0.325 e. The fourth-order valence-corrected chi connectivity index (χ4v) is 3.91. The van der Waals surface area contributed by atoms with Crippen LogP contribution in [0.25, 0.3) is 21.9 Å². The smallest absolute Gasteiger partial charge is 0.272 e. The van der Waals surface area contributed by atoms with Gasteiger partial charge >= 0.3 is 0 Å². The lowest BCUT2D eigenvalue weighted by molar-refractivity contribution is 0.900. The van der Waals surface area contributed by atoms with E-state index in [0.717, 1.165) is 21.4 Å². The van der Waals surface area contributed by atoms with Crippen LogP contribution in [0.5, 0.6) is 0 Å². The van der Waals surface area contributed by atoms with Crippen molar-refractivity contribution in [2.45, 2.75) is 23.3 Å². The van der Waals surface area contributed by atoms with Gasteiger partial charge in [-0.15, -0.1) is 0 Å². The summed E-state index contributed by atoms with van der Waals surface area (Å²) in [5, 5.41) is 7.92. The molecule has 0 radical (unpaired) electrons. The first-order valence-corrected chi connectivity index (χ1v) is 9.37. The van der Waals surface area contributed by atoms with Crippen molar-refractivity contribution in [1.82, 2.24) is 15.2 Å². The van der Waals surface area contributed by atoms with Crippen LogP contribution in [0, 0.1) is 6.92 Å². The zero-order valence-corrected chi connectivity index (χ0v) is 15.6. The van der Waals surface area contributed by atoms with Gasteiger partial charge in [-0.2, -0.15) is 5.10 Å². The number of hydrogen-bond acceptors (Lipinski definition) is 5. The average Bonchev–Trinajstić information content (AvgIpc) is 2.70. The topological polar surface area (TPSA) is 84.7 Å². The first kappa shape index (κ1) is 17.5. The summed E-state index contributed by atoms with van der Waals surface area (Å²) in [6.07, 6.45) is 3.69. The van der Waals surface area contributed by atoms with Crippen molar-refractivity contribution in [2.24, 2.45) is 5.73 Å². The van der Waals surface area contributed by atoms with Crippen molar-refractivity contribution in [1.29, 1.82) is 0 Å². The molecular formula is C21H18N4OS. The highest BCUT2D eigenvalue weighted by Gasteiger charge is 2.09. The van der Waals surface area contributed by atoms with Crippen LogP contribution in [0.15, 0.2) is 75.5 Å². The van der Waals surface area contributed by atoms with Crippen molar-refractivity contribution in [3.05, 3.63) is 82.5 Å². The van der Waals surface area contributed by atoms with Crippen molar-refractivity contribution in [2.75, 3.05) is 0 Å². The van der Waals surface area contributed by atoms with Gasteiger partial charge in [-0.1, -0.05) is 36.0 Å². The maximum absolute atomic E-state index is 12.0. The zero-order chi connectivity index (χ0) is 18.8. The van der Waals surface area contributed by atoms with E-state index in [9.17, 15) is 4.79 Å². The summed E-state index contributed by atoms with van der Waals surface area (Å²) >= 11 is 1.69. The quantitative estimate of drug-likeness (QED) is 0.566. The van der Waals surface area contributed by atoms with Crippen LogP contribution in [0.1, 0.15) is 11.3 Å². The van der Waals surface area contributed by atoms with E-state index >= 15 is 0 Å². The molecule has 2 heterocycles. The fraction of sp³-hybridized carbons (Fsp3) is 0.0952. The lowest BCUT2D eigenvalue weighted by Gasteiger charge is -2.09. The molecule has 0 unspecified atom stereocenters. The molecule has 2 aromatic heterocycles. The van der Waals surface area contributed by atoms with E-state index in [-0.39, 0.29) is 12.1 Å². The Morgan fingerprint density at radius 2 is 1.89 bits per heavy atom. The summed E-state index contributed by atoms with van der Waals surface area (Å²) in [5.41, 5.74) is 9.43. The highest BCUT2D eigenvalue weighted by atomic mass is 32.2. The molecule has 134 valence electrons. The van der Waals surface area contributed by atoms with Gasteiger partial charge in [-0.3, -0.25) is 9.78 Å². The van der Waals surface area contributed by atoms with Crippen LogP contribution in [-0.2, 0) is 6.54 Å². The third kappa shape index (κ3) is 3.49. The van der Waals surface area contributed by atoms with Crippen molar-refractivity contribution in [3.63, 3.8) is 0 Å². The van der Waals surface area contributed by atoms with E-state index in [1.807, 2.05) is 42.7 Å². The van der Waals surface area contributed by atoms with E-state index < -0.39 is 0 Å². The minimum atomic E-state index is -0.212. The first-order valence-electron chi connectivity index (χ1n) is 8.56. The molecule has 0 atom stereocenters. The van der Waals surface area contributed by atoms with Gasteiger partial charge in [0.1, 0.15) is 0 Å². The van der Waals surface area contributed by atoms with Gasteiger partial charge in [0.05, 0.1) is 11.1 Å². The highest BCUT2D eigenvalue weighted by molar-refractivity contribution is 7.99. The van der Waals surface area contributed by atoms with Crippen LogP contribution in [0.4, 0.5) is 0 Å². The minimum Gasteiger partial charge on any atom is -0.325 e. The second-order valence-electron chi connectivity index (χ2n) is 6.24. The molecule has 0 saturated carbocycles. The third-order valence-corrected chi connectivity index (χ3v) is 5.57. The molecule has 6 heteroatoms. The van der Waals surface area contributed by atoms with Gasteiger partial charge in [-0.25, -0.2) is 5.10 Å². The van der Waals surface area contributed by atoms with Crippen LogP contribution in [0.2, 0.25) is 0 Å². The summed E-state index contributed by atoms with van der Waals surface area (Å²) < 4.78 is 0. The number of nitrogens with zero attached hydrogens (tertiary/aromatic N) is 2. The Kier molecular flexibility index (Phi) is 4.75. The molecule has 0 amide bonds. The maximum Gasteiger partial charge on any atom is 0.272 e. The van der Waals surface area contributed by atoms with Gasteiger partial charge in [0.15, 0.2) is 0 Å². The second-order valence-corrected chi connectivity index (χ2v) is 7.36. The monoisotopic (exact) mass is 374 g/mol. The molecule has 4 rings (SSSR count). The highest BCUT2D eigenvalue weighted by Crippen LogP contribution is 2.32. The van der Waals surface area contributed by atoms with Crippen LogP contribution in [0.3, 0.4) is 0 Å². The number of aromatic nitrogens is 3. The van der Waals surface area contributed by atoms with Crippen LogP contribution in [-0.4, -0.2) is 15.2 Å². The Balaban J connectivity index is 1.76. The number of rotatable bonds is 4. The number of nitrogens with one attached hydrogen (secondary N) is 1. The van der Waals surface area contributed by atoms with Gasteiger partial charge in [0.25, 0.3) is 5.56 Å². The Labute approximate surface area is 160 Å². The zero-order valence-electron chi connectivity index (χ0n) is 14.8. The van der Waals surface area contributed by atoms with E-state index in [1.54, 1.807) is 11.8 Å². The Morgan fingerprint density at radius 3 is 2.70 bits per heavy atom. The number of aromatic amines is 1. The molecular weight excluding hydrogens is 356 g/mol. The Bertz CT molecular complexity index is 1190. The molecule has 0 spiro atoms. The molecule has 0 bridgehead atoms. The molecule has 4 aromatic rings. The number of H-pyrrole nitrogens is 1. The number of hydrogen-bond donors (Lipinski definition) is 2. The fourth-order valence-electron chi connectivity index (χ4n) is 2.99. The van der Waals surface area contributed by atoms with E-state index in [2.05, 4.69) is 40.3 Å². The molecule has 0 fully saturated rings. The predicted octanol–water partition coefficient (Wildman–Crippen LogP) is 3.90. The molecule has 0 saturated heterocycles. The number of nitrogens with two attached hydrogens (primary N) is 1. The number of aryl methyl sites for hydroxylation is 1.